The van der Waals surface area contributed by atoms with Crippen LogP contribution in [0.2, 0.25) is 0 Å². The fourth-order valence-electron chi connectivity index (χ4n) is 0.231. The highest BCUT2D eigenvalue weighted by Crippen LogP contribution is 1.83. The third kappa shape index (κ3) is 3.57. The van der Waals surface area contributed by atoms with E-state index in [-0.39, 0.29) is 5.37 Å². The molecule has 0 bridgehead atoms. The smallest absolute Gasteiger partial charge is 0.296 e. The van der Waals surface area contributed by atoms with Gasteiger partial charge in [-0.15, -0.1) is 6.42 Å². The van der Waals surface area contributed by atoms with Crippen LogP contribution in [0.25, 0.3) is 0 Å². The molecule has 0 saturated carbocycles. The van der Waals surface area contributed by atoms with Gasteiger partial charge in [-0.25, -0.2) is 0 Å². The molecule has 0 radical (unpaired) electrons. The lowest BCUT2D eigenvalue weighted by Gasteiger charge is -2.00. The van der Waals surface area contributed by atoms with Crippen LogP contribution in [0.15, 0.2) is 0 Å². The van der Waals surface area contributed by atoms with Crippen LogP contribution in [0, 0.1) is 12.3 Å². The molecule has 1 amide bonds. The second-order valence-electron chi connectivity index (χ2n) is 1.29. The minimum absolute atomic E-state index is 0.168. The highest BCUT2D eigenvalue weighted by atomic mass is 32.1. The summed E-state index contributed by atoms with van der Waals surface area (Å²) in [6, 6.07) is 0. The maximum Gasteiger partial charge on any atom is 0.296 e. The highest BCUT2D eigenvalue weighted by molar-refractivity contribution is 7.80. The summed E-state index contributed by atoms with van der Waals surface area (Å²) < 4.78 is 0. The zero-order chi connectivity index (χ0) is 6.57. The van der Waals surface area contributed by atoms with E-state index in [9.17, 15) is 4.79 Å². The lowest BCUT2D eigenvalue weighted by molar-refractivity contribution is -0.115. The van der Waals surface area contributed by atoms with Gasteiger partial charge < -0.3 is 5.32 Å². The van der Waals surface area contributed by atoms with E-state index in [1.54, 1.807) is 6.92 Å². The zero-order valence-corrected chi connectivity index (χ0v) is 5.40. The van der Waals surface area contributed by atoms with Gasteiger partial charge in [-0.1, -0.05) is 0 Å². The third-order valence-corrected chi connectivity index (χ3v) is 0.600. The molecule has 3 heteroatoms. The van der Waals surface area contributed by atoms with Gasteiger partial charge in [0.2, 0.25) is 0 Å². The van der Waals surface area contributed by atoms with Crippen molar-refractivity contribution in [1.82, 2.24) is 5.32 Å². The van der Waals surface area contributed by atoms with Gasteiger partial charge in [0.15, 0.2) is 0 Å². The van der Waals surface area contributed by atoms with Crippen molar-refractivity contribution in [2.45, 2.75) is 12.3 Å². The molecule has 0 aromatic rings. The van der Waals surface area contributed by atoms with Gasteiger partial charge in [0.1, 0.15) is 0 Å². The molecule has 1 N–H and O–H groups in total. The Labute approximate surface area is 54.1 Å². The van der Waals surface area contributed by atoms with E-state index in [4.69, 9.17) is 6.42 Å². The molecule has 0 rings (SSSR count). The molecule has 0 aliphatic carbocycles. The van der Waals surface area contributed by atoms with Crippen molar-refractivity contribution in [3.63, 3.8) is 0 Å². The Morgan fingerprint density at radius 3 is 2.62 bits per heavy atom. The summed E-state index contributed by atoms with van der Waals surface area (Å²) in [5.41, 5.74) is 0. The van der Waals surface area contributed by atoms with Crippen molar-refractivity contribution in [2.75, 3.05) is 0 Å². The second kappa shape index (κ2) is 3.39. The van der Waals surface area contributed by atoms with E-state index in [0.717, 1.165) is 0 Å². The molecule has 2 nitrogen and oxygen atoms in total. The summed E-state index contributed by atoms with van der Waals surface area (Å²) in [6.45, 7) is 1.72. The Morgan fingerprint density at radius 2 is 2.50 bits per heavy atom. The molecule has 8 heavy (non-hydrogen) atoms. The number of thiol groups is 1. The van der Waals surface area contributed by atoms with Gasteiger partial charge >= 0.3 is 0 Å². The third-order valence-electron chi connectivity index (χ3n) is 0.471. The number of amides is 1. The molecule has 1 unspecified atom stereocenters. The Balaban J connectivity index is 3.44. The standard InChI is InChI=1S/C5H7NOS/c1-3-5(7)6-4(2)8/h1,4,8H,2H3,(H,6,7). The molecule has 0 aromatic carbocycles. The monoisotopic (exact) mass is 129 g/mol. The summed E-state index contributed by atoms with van der Waals surface area (Å²) >= 11 is 3.86. The van der Waals surface area contributed by atoms with Crippen LogP contribution in [0.4, 0.5) is 0 Å². The predicted octanol–water partition coefficient (Wildman–Crippen LogP) is 0.0116. The van der Waals surface area contributed by atoms with E-state index in [2.05, 4.69) is 17.9 Å². The first kappa shape index (κ1) is 7.38. The molecule has 0 fully saturated rings. The average molecular weight is 129 g/mol. The average Bonchev–Trinajstić information content (AvgIpc) is 1.65. The first-order chi connectivity index (χ1) is 3.66. The Morgan fingerprint density at radius 1 is 2.00 bits per heavy atom. The van der Waals surface area contributed by atoms with Crippen molar-refractivity contribution in [3.05, 3.63) is 0 Å². The summed E-state index contributed by atoms with van der Waals surface area (Å²) in [4.78, 5) is 10.2. The molecule has 0 saturated heterocycles. The van der Waals surface area contributed by atoms with Crippen LogP contribution in [0.5, 0.6) is 0 Å². The minimum Gasteiger partial charge on any atom is -0.334 e. The first-order valence-corrected chi connectivity index (χ1v) is 2.63. The normalized spacial score (nSPS) is 11.6. The lowest BCUT2D eigenvalue weighted by Crippen LogP contribution is -2.26. The zero-order valence-electron chi connectivity index (χ0n) is 4.51. The molecular formula is C5H7NOS. The van der Waals surface area contributed by atoms with Crippen molar-refractivity contribution < 1.29 is 4.79 Å². The van der Waals surface area contributed by atoms with E-state index in [1.807, 2.05) is 5.92 Å². The van der Waals surface area contributed by atoms with Crippen LogP contribution in [-0.4, -0.2) is 11.3 Å². The fraction of sp³-hybridized carbons (Fsp3) is 0.400. The maximum absolute atomic E-state index is 10.2. The second-order valence-corrected chi connectivity index (χ2v) is 2.07. The minimum atomic E-state index is -0.424. The van der Waals surface area contributed by atoms with E-state index in [1.165, 1.54) is 0 Å². The number of nitrogens with one attached hydrogen (secondary N) is 1. The van der Waals surface area contributed by atoms with Gasteiger partial charge in [0.05, 0.1) is 5.37 Å². The van der Waals surface area contributed by atoms with Gasteiger partial charge in [-0.05, 0) is 12.8 Å². The SMILES string of the molecule is C#CC(=O)NC(C)S. The molecule has 0 aliphatic rings. The van der Waals surface area contributed by atoms with Gasteiger partial charge in [-0.2, -0.15) is 12.6 Å². The van der Waals surface area contributed by atoms with Gasteiger partial charge in [-0.3, -0.25) is 4.79 Å². The Hall–Kier alpha value is -0.620. The van der Waals surface area contributed by atoms with E-state index < -0.39 is 5.91 Å². The molecule has 0 heterocycles. The van der Waals surface area contributed by atoms with Gasteiger partial charge in [0.25, 0.3) is 5.91 Å². The number of carbonyl (C=O) groups is 1. The summed E-state index contributed by atoms with van der Waals surface area (Å²) in [6.07, 6.45) is 4.72. The molecule has 1 atom stereocenters. The largest absolute Gasteiger partial charge is 0.334 e. The van der Waals surface area contributed by atoms with Crippen molar-refractivity contribution in [2.24, 2.45) is 0 Å². The van der Waals surface area contributed by atoms with E-state index in [0.29, 0.717) is 0 Å². The number of rotatable bonds is 1. The molecule has 0 spiro atoms. The van der Waals surface area contributed by atoms with Gasteiger partial charge in [0, 0.05) is 0 Å². The molecule has 44 valence electrons. The van der Waals surface area contributed by atoms with E-state index >= 15 is 0 Å². The van der Waals surface area contributed by atoms with Crippen LogP contribution >= 0.6 is 12.6 Å². The quantitative estimate of drug-likeness (QED) is 0.291. The summed E-state index contributed by atoms with van der Waals surface area (Å²) in [7, 11) is 0. The Kier molecular flexibility index (Phi) is 3.13. The number of terminal acetylenes is 1. The number of hydrogen-bond acceptors (Lipinski definition) is 2. The van der Waals surface area contributed by atoms with Crippen molar-refractivity contribution in [1.29, 1.82) is 0 Å². The first-order valence-electron chi connectivity index (χ1n) is 2.12. The molecule has 0 aliphatic heterocycles. The lowest BCUT2D eigenvalue weighted by atomic mass is 10.6. The number of carbonyl (C=O) groups excluding carboxylic acids is 1. The Bertz CT molecular complexity index is 125. The van der Waals surface area contributed by atoms with Crippen LogP contribution < -0.4 is 5.32 Å². The van der Waals surface area contributed by atoms with Crippen LogP contribution in [0.1, 0.15) is 6.92 Å². The summed E-state index contributed by atoms with van der Waals surface area (Å²) in [5, 5.41) is 2.21. The fourth-order valence-corrected chi connectivity index (χ4v) is 0.349. The van der Waals surface area contributed by atoms with Crippen LogP contribution in [0.3, 0.4) is 0 Å². The number of hydrogen-bond donors (Lipinski definition) is 2. The molecular weight excluding hydrogens is 122 g/mol. The van der Waals surface area contributed by atoms with Crippen molar-refractivity contribution in [3.8, 4) is 12.3 Å². The van der Waals surface area contributed by atoms with Crippen LogP contribution in [-0.2, 0) is 4.79 Å². The summed E-state index contributed by atoms with van der Waals surface area (Å²) in [5.74, 6) is 1.47. The maximum atomic E-state index is 10.2. The van der Waals surface area contributed by atoms with Crippen molar-refractivity contribution >= 4 is 18.5 Å². The highest BCUT2D eigenvalue weighted by Gasteiger charge is 1.95. The topological polar surface area (TPSA) is 29.1 Å². The predicted molar refractivity (Wildman–Crippen MR) is 35.4 cm³/mol. The molecule has 0 aromatic heterocycles.